The van der Waals surface area contributed by atoms with Crippen LogP contribution in [-0.4, -0.2) is 52.0 Å². The van der Waals surface area contributed by atoms with Crippen LogP contribution in [0.15, 0.2) is 36.4 Å². The number of likely N-dealkylation sites (tertiary alicyclic amines) is 1. The van der Waals surface area contributed by atoms with Gasteiger partial charge in [-0.1, -0.05) is 67.6 Å². The predicted octanol–water partition coefficient (Wildman–Crippen LogP) is 6.59. The molecule has 2 aromatic rings. The first-order valence-corrected chi connectivity index (χ1v) is 16.5. The molecular formula is C34H38Cl2FN3O4. The Bertz CT molecular complexity index is 1570. The van der Waals surface area contributed by atoms with Crippen LogP contribution < -0.4 is 10.6 Å². The van der Waals surface area contributed by atoms with Gasteiger partial charge in [-0.05, 0) is 87.7 Å². The summed E-state index contributed by atoms with van der Waals surface area (Å²) in [6.07, 6.45) is 7.30. The minimum Gasteiger partial charge on any atom is -0.481 e. The molecule has 2 amide bonds. The highest BCUT2D eigenvalue weighted by molar-refractivity contribution is 6.31. The highest BCUT2D eigenvalue weighted by Gasteiger charge is 2.80. The number of nitrogens with one attached hydrogen (secondary N) is 2. The Hall–Kier alpha value is -2.68. The number of likely N-dealkylation sites (N-methyl/N-ethyl adjacent to an activating group) is 1. The first kappa shape index (κ1) is 30.0. The normalized spacial score (nSPS) is 35.6. The van der Waals surface area contributed by atoms with Gasteiger partial charge in [0.2, 0.25) is 11.8 Å². The first-order chi connectivity index (χ1) is 20.9. The lowest BCUT2D eigenvalue weighted by atomic mass is 9.49. The number of carbonyl (C=O) groups is 3. The number of halogens is 3. The Morgan fingerprint density at radius 2 is 1.64 bits per heavy atom. The van der Waals surface area contributed by atoms with Crippen LogP contribution in [0.5, 0.6) is 0 Å². The zero-order valence-corrected chi connectivity index (χ0v) is 26.6. The summed E-state index contributed by atoms with van der Waals surface area (Å²) < 4.78 is 16.5. The average molecular weight is 643 g/mol. The van der Waals surface area contributed by atoms with Gasteiger partial charge in [0.1, 0.15) is 17.3 Å². The van der Waals surface area contributed by atoms with E-state index in [2.05, 4.69) is 15.5 Å². The summed E-state index contributed by atoms with van der Waals surface area (Å²) in [6.45, 7) is 1.87. The van der Waals surface area contributed by atoms with E-state index in [1.807, 2.05) is 20.0 Å². The van der Waals surface area contributed by atoms with E-state index in [1.54, 1.807) is 24.3 Å². The number of rotatable bonds is 4. The number of aliphatic carboxylic acids is 1. The Labute approximate surface area is 266 Å². The molecule has 0 aromatic heterocycles. The van der Waals surface area contributed by atoms with E-state index in [-0.39, 0.29) is 22.4 Å². The highest BCUT2D eigenvalue weighted by atomic mass is 35.5. The molecule has 234 valence electrons. The summed E-state index contributed by atoms with van der Waals surface area (Å²) in [4.78, 5) is 44.0. The van der Waals surface area contributed by atoms with Gasteiger partial charge < -0.3 is 15.7 Å². The summed E-state index contributed by atoms with van der Waals surface area (Å²) in [5, 5.41) is 16.8. The van der Waals surface area contributed by atoms with Gasteiger partial charge in [0.05, 0.1) is 10.4 Å². The van der Waals surface area contributed by atoms with Crippen molar-refractivity contribution < 1.29 is 23.9 Å². The number of amides is 2. The van der Waals surface area contributed by atoms with Crippen molar-refractivity contribution in [2.75, 3.05) is 12.4 Å². The number of anilines is 1. The largest absolute Gasteiger partial charge is 0.481 e. The van der Waals surface area contributed by atoms with Gasteiger partial charge in [-0.2, -0.15) is 0 Å². The van der Waals surface area contributed by atoms with Crippen LogP contribution >= 0.6 is 23.2 Å². The van der Waals surface area contributed by atoms with Crippen LogP contribution in [0.25, 0.3) is 0 Å². The maximum atomic E-state index is 16.5. The number of hydrogen-bond acceptors (Lipinski definition) is 4. The molecule has 44 heavy (non-hydrogen) atoms. The molecule has 10 heteroatoms. The third-order valence-corrected chi connectivity index (χ3v) is 13.1. The number of carbonyl (C=O) groups excluding carboxylic acids is 2. The Morgan fingerprint density at radius 1 is 0.977 bits per heavy atom. The minimum absolute atomic E-state index is 0.0665. The number of hydrogen-bond donors (Lipinski definition) is 3. The van der Waals surface area contributed by atoms with Crippen molar-refractivity contribution in [3.05, 3.63) is 63.4 Å². The molecule has 4 saturated carbocycles. The summed E-state index contributed by atoms with van der Waals surface area (Å²) in [5.74, 6) is -1.93. The quantitative estimate of drug-likeness (QED) is 0.350. The standard InChI is InChI=1S/C34H38Cl2FN3O4/c1-30(22-7-6-8-23(36)25(22)37)26(27(41)39-32-16-13-31(14-17-32,15-18-32)29(43)44)40(2)33(11-4-3-5-12-33)34(30)21-10-9-20(35)19-24(21)38-28(34)42/h6-10,19,26H,3-5,11-18H2,1-2H3,(H,38,42)(H,39,41)(H,43,44). The molecule has 6 aliphatic rings. The second-order valence-corrected chi connectivity index (χ2v) is 15.0. The molecule has 7 nitrogen and oxygen atoms in total. The fourth-order valence-electron chi connectivity index (χ4n) is 10.4. The monoisotopic (exact) mass is 641 g/mol. The Morgan fingerprint density at radius 3 is 2.27 bits per heavy atom. The lowest BCUT2D eigenvalue weighted by Gasteiger charge is -2.52. The van der Waals surface area contributed by atoms with Gasteiger partial charge >= 0.3 is 5.97 Å². The molecule has 5 fully saturated rings. The number of nitrogens with zero attached hydrogens (tertiary/aromatic N) is 1. The zero-order chi connectivity index (χ0) is 31.3. The van der Waals surface area contributed by atoms with Crippen LogP contribution in [0, 0.1) is 11.2 Å². The molecule has 0 radical (unpaired) electrons. The van der Waals surface area contributed by atoms with Gasteiger partial charge in [0.15, 0.2) is 0 Å². The second kappa shape index (κ2) is 9.91. The van der Waals surface area contributed by atoms with E-state index in [0.29, 0.717) is 62.1 Å². The molecular weight excluding hydrogens is 604 g/mol. The number of benzene rings is 2. The van der Waals surface area contributed by atoms with E-state index in [9.17, 15) is 19.5 Å². The van der Waals surface area contributed by atoms with Crippen LogP contribution in [-0.2, 0) is 25.2 Å². The molecule has 2 bridgehead atoms. The average Bonchev–Trinajstić information content (AvgIpc) is 3.39. The molecule has 3 atom stereocenters. The lowest BCUT2D eigenvalue weighted by Crippen LogP contribution is -2.65. The molecule has 8 rings (SSSR count). The van der Waals surface area contributed by atoms with Gasteiger partial charge in [-0.3, -0.25) is 19.3 Å². The van der Waals surface area contributed by atoms with Gasteiger partial charge in [0, 0.05) is 27.2 Å². The summed E-state index contributed by atoms with van der Waals surface area (Å²) >= 11 is 12.9. The van der Waals surface area contributed by atoms with Crippen molar-refractivity contribution in [2.45, 2.75) is 106 Å². The number of carboxylic acids is 1. The fraction of sp³-hybridized carbons (Fsp3) is 0.559. The molecule has 3 unspecified atom stereocenters. The van der Waals surface area contributed by atoms with Crippen LogP contribution in [0.3, 0.4) is 0 Å². The van der Waals surface area contributed by atoms with Gasteiger partial charge in [-0.25, -0.2) is 4.39 Å². The smallest absolute Gasteiger partial charge is 0.309 e. The van der Waals surface area contributed by atoms with Gasteiger partial charge in [-0.15, -0.1) is 0 Å². The van der Waals surface area contributed by atoms with Crippen molar-refractivity contribution in [3.63, 3.8) is 0 Å². The molecule has 4 aliphatic carbocycles. The molecule has 2 heterocycles. The van der Waals surface area contributed by atoms with E-state index in [0.717, 1.165) is 24.8 Å². The molecule has 2 spiro atoms. The number of fused-ring (bicyclic) bond motifs is 6. The van der Waals surface area contributed by atoms with Gasteiger partial charge in [0.25, 0.3) is 0 Å². The molecule has 3 N–H and O–H groups in total. The summed E-state index contributed by atoms with van der Waals surface area (Å²) in [5.41, 5.74) is -3.25. The Kier molecular flexibility index (Phi) is 6.76. The van der Waals surface area contributed by atoms with Crippen molar-refractivity contribution in [2.24, 2.45) is 5.41 Å². The molecule has 2 aromatic carbocycles. The van der Waals surface area contributed by atoms with E-state index in [4.69, 9.17) is 23.2 Å². The summed E-state index contributed by atoms with van der Waals surface area (Å²) in [6, 6.07) is 9.28. The predicted molar refractivity (Wildman–Crippen MR) is 167 cm³/mol. The van der Waals surface area contributed by atoms with E-state index >= 15 is 4.39 Å². The maximum Gasteiger partial charge on any atom is 0.309 e. The maximum absolute atomic E-state index is 16.5. The van der Waals surface area contributed by atoms with Crippen molar-refractivity contribution >= 4 is 46.7 Å². The van der Waals surface area contributed by atoms with Crippen molar-refractivity contribution in [1.29, 1.82) is 0 Å². The van der Waals surface area contributed by atoms with E-state index < -0.39 is 45.2 Å². The Balaban J connectivity index is 1.44. The highest BCUT2D eigenvalue weighted by Crippen LogP contribution is 2.68. The number of carboxylic acid groups (broad SMARTS) is 1. The third kappa shape index (κ3) is 3.62. The lowest BCUT2D eigenvalue weighted by molar-refractivity contribution is -0.157. The topological polar surface area (TPSA) is 98.7 Å². The van der Waals surface area contributed by atoms with Crippen molar-refractivity contribution in [1.82, 2.24) is 10.2 Å². The zero-order valence-electron chi connectivity index (χ0n) is 25.1. The van der Waals surface area contributed by atoms with Crippen molar-refractivity contribution in [3.8, 4) is 0 Å². The van der Waals surface area contributed by atoms with Crippen LogP contribution in [0.2, 0.25) is 10.0 Å². The molecule has 2 aliphatic heterocycles. The van der Waals surface area contributed by atoms with E-state index in [1.165, 1.54) is 6.07 Å². The summed E-state index contributed by atoms with van der Waals surface area (Å²) in [7, 11) is 1.92. The SMILES string of the molecule is CN1C(C(=O)NC23CCC(C(=O)O)(CC2)CC3)C(C)(c2cccc(Cl)c2F)C2(C(=O)Nc3cc(Cl)ccc32)C12CCCCC2. The third-order valence-electron chi connectivity index (χ3n) is 12.6. The van der Waals surface area contributed by atoms with Crippen LogP contribution in [0.4, 0.5) is 10.1 Å². The minimum atomic E-state index is -1.38. The second-order valence-electron chi connectivity index (χ2n) is 14.2. The fourth-order valence-corrected chi connectivity index (χ4v) is 10.8. The molecule has 1 saturated heterocycles. The van der Waals surface area contributed by atoms with Crippen LogP contribution in [0.1, 0.15) is 88.7 Å². The first-order valence-electron chi connectivity index (χ1n) is 15.7.